The van der Waals surface area contributed by atoms with Crippen LogP contribution in [0, 0.1) is 0 Å². The first-order valence-corrected chi connectivity index (χ1v) is 3.51. The van der Waals surface area contributed by atoms with E-state index in [1.807, 2.05) is 0 Å². The summed E-state index contributed by atoms with van der Waals surface area (Å²) in [6, 6.07) is 2.23. The average Bonchev–Trinajstić information content (AvgIpc) is 2.03. The third-order valence-corrected chi connectivity index (χ3v) is 0.989. The molecule has 0 atom stereocenters. The van der Waals surface area contributed by atoms with Crippen LogP contribution in [-0.4, -0.2) is 16.1 Å². The Labute approximate surface area is 78.2 Å². The molecular formula is C8H8F3NO2. The van der Waals surface area contributed by atoms with Gasteiger partial charge in [-0.05, 0) is 12.1 Å². The third kappa shape index (κ3) is 5.99. The van der Waals surface area contributed by atoms with Gasteiger partial charge in [0.2, 0.25) is 0 Å². The summed E-state index contributed by atoms with van der Waals surface area (Å²) >= 11 is 0. The van der Waals surface area contributed by atoms with Crippen molar-refractivity contribution in [2.24, 2.45) is 0 Å². The minimum atomic E-state index is -4.27. The molecule has 0 radical (unpaired) electrons. The van der Waals surface area contributed by atoms with Gasteiger partial charge in [0.15, 0.2) is 0 Å². The van der Waals surface area contributed by atoms with Crippen LogP contribution >= 0.6 is 0 Å². The van der Waals surface area contributed by atoms with Gasteiger partial charge < -0.3 is 5.11 Å². The standard InChI is InChI=1S/C6H4F3N.C2H4O2/c7-6(8,9)5-2-1-3-10-4-5;1-2(3)4/h1-4H;1H3,(H,3,4). The summed E-state index contributed by atoms with van der Waals surface area (Å²) in [4.78, 5) is 12.3. The fraction of sp³-hybridized carbons (Fsp3) is 0.250. The van der Waals surface area contributed by atoms with E-state index in [2.05, 4.69) is 4.98 Å². The van der Waals surface area contributed by atoms with E-state index in [0.29, 0.717) is 0 Å². The predicted molar refractivity (Wildman–Crippen MR) is 42.5 cm³/mol. The van der Waals surface area contributed by atoms with E-state index in [0.717, 1.165) is 19.2 Å². The van der Waals surface area contributed by atoms with Crippen LogP contribution in [0.4, 0.5) is 13.2 Å². The van der Waals surface area contributed by atoms with Gasteiger partial charge >= 0.3 is 6.18 Å². The molecule has 78 valence electrons. The molecule has 1 N–H and O–H groups in total. The zero-order chi connectivity index (χ0) is 11.2. The second-order valence-electron chi connectivity index (χ2n) is 2.26. The lowest BCUT2D eigenvalue weighted by molar-refractivity contribution is -0.138. The summed E-state index contributed by atoms with van der Waals surface area (Å²) in [7, 11) is 0. The van der Waals surface area contributed by atoms with Gasteiger partial charge in [-0.2, -0.15) is 13.2 Å². The first-order chi connectivity index (χ1) is 6.34. The monoisotopic (exact) mass is 207 g/mol. The van der Waals surface area contributed by atoms with Gasteiger partial charge in [0.05, 0.1) is 5.56 Å². The molecule has 1 rings (SSSR count). The molecule has 0 bridgehead atoms. The molecule has 6 heteroatoms. The van der Waals surface area contributed by atoms with Crippen LogP contribution in [0.5, 0.6) is 0 Å². The molecule has 0 aromatic carbocycles. The molecule has 0 amide bonds. The summed E-state index contributed by atoms with van der Waals surface area (Å²) in [6.07, 6.45) is -2.18. The van der Waals surface area contributed by atoms with E-state index in [4.69, 9.17) is 9.90 Å². The average molecular weight is 207 g/mol. The number of carbonyl (C=O) groups is 1. The van der Waals surface area contributed by atoms with E-state index < -0.39 is 17.7 Å². The second-order valence-corrected chi connectivity index (χ2v) is 2.26. The smallest absolute Gasteiger partial charge is 0.417 e. The molecule has 1 aromatic rings. The molecule has 0 saturated carbocycles. The normalized spacial score (nSPS) is 10.0. The van der Waals surface area contributed by atoms with E-state index in [1.165, 1.54) is 12.3 Å². The molecule has 0 aliphatic carbocycles. The Balaban J connectivity index is 0.000000364. The number of alkyl halides is 3. The third-order valence-electron chi connectivity index (χ3n) is 0.989. The van der Waals surface area contributed by atoms with Gasteiger partial charge in [-0.15, -0.1) is 0 Å². The van der Waals surface area contributed by atoms with Crippen molar-refractivity contribution in [2.45, 2.75) is 13.1 Å². The molecule has 14 heavy (non-hydrogen) atoms. The summed E-state index contributed by atoms with van der Waals surface area (Å²) in [5.41, 5.74) is -0.713. The minimum absolute atomic E-state index is 0.713. The number of aliphatic carboxylic acids is 1. The molecular weight excluding hydrogens is 199 g/mol. The highest BCUT2D eigenvalue weighted by molar-refractivity contribution is 5.62. The first kappa shape index (κ1) is 12.4. The summed E-state index contributed by atoms with van der Waals surface area (Å²) in [5, 5.41) is 7.42. The van der Waals surface area contributed by atoms with E-state index in [1.54, 1.807) is 0 Å². The first-order valence-electron chi connectivity index (χ1n) is 3.51. The molecule has 1 heterocycles. The molecule has 0 spiro atoms. The van der Waals surface area contributed by atoms with Gasteiger partial charge in [-0.1, -0.05) is 0 Å². The highest BCUT2D eigenvalue weighted by atomic mass is 19.4. The maximum absolute atomic E-state index is 11.7. The Morgan fingerprint density at radius 1 is 1.50 bits per heavy atom. The Morgan fingerprint density at radius 2 is 2.00 bits per heavy atom. The van der Waals surface area contributed by atoms with E-state index >= 15 is 0 Å². The summed E-state index contributed by atoms with van der Waals surface area (Å²) < 4.78 is 35.2. The zero-order valence-corrected chi connectivity index (χ0v) is 7.25. The SMILES string of the molecule is CC(=O)O.FC(F)(F)c1cccnc1. The quantitative estimate of drug-likeness (QED) is 0.709. The summed E-state index contributed by atoms with van der Waals surface area (Å²) in [6.45, 7) is 1.08. The Hall–Kier alpha value is -1.59. The number of aromatic nitrogens is 1. The number of pyridine rings is 1. The fourth-order valence-electron chi connectivity index (χ4n) is 0.530. The molecule has 3 nitrogen and oxygen atoms in total. The van der Waals surface area contributed by atoms with Crippen LogP contribution in [0.1, 0.15) is 12.5 Å². The van der Waals surface area contributed by atoms with Crippen LogP contribution in [0.15, 0.2) is 24.5 Å². The van der Waals surface area contributed by atoms with Crippen molar-refractivity contribution in [3.63, 3.8) is 0 Å². The predicted octanol–water partition coefficient (Wildman–Crippen LogP) is 2.19. The van der Waals surface area contributed by atoms with Gasteiger partial charge in [-0.3, -0.25) is 9.78 Å². The van der Waals surface area contributed by atoms with Crippen molar-refractivity contribution in [1.29, 1.82) is 0 Å². The van der Waals surface area contributed by atoms with Gasteiger partial charge in [-0.25, -0.2) is 0 Å². The highest BCUT2D eigenvalue weighted by Crippen LogP contribution is 2.27. The van der Waals surface area contributed by atoms with Crippen LogP contribution in [0.25, 0.3) is 0 Å². The van der Waals surface area contributed by atoms with Gasteiger partial charge in [0.1, 0.15) is 0 Å². The lowest BCUT2D eigenvalue weighted by Gasteiger charge is -2.03. The lowest BCUT2D eigenvalue weighted by Crippen LogP contribution is -2.04. The van der Waals surface area contributed by atoms with Crippen molar-refractivity contribution < 1.29 is 23.1 Å². The molecule has 0 saturated heterocycles. The minimum Gasteiger partial charge on any atom is -0.481 e. The number of nitrogens with zero attached hydrogens (tertiary/aromatic N) is 1. The van der Waals surface area contributed by atoms with Crippen molar-refractivity contribution in [1.82, 2.24) is 4.98 Å². The van der Waals surface area contributed by atoms with Gasteiger partial charge in [0, 0.05) is 19.3 Å². The molecule has 0 unspecified atom stereocenters. The fourth-order valence-corrected chi connectivity index (χ4v) is 0.530. The van der Waals surface area contributed by atoms with E-state index in [-0.39, 0.29) is 0 Å². The molecule has 1 aromatic heterocycles. The molecule has 0 aliphatic heterocycles. The number of hydrogen-bond acceptors (Lipinski definition) is 2. The van der Waals surface area contributed by atoms with Crippen molar-refractivity contribution in [3.8, 4) is 0 Å². The summed E-state index contributed by atoms with van der Waals surface area (Å²) in [5.74, 6) is -0.833. The van der Waals surface area contributed by atoms with E-state index in [9.17, 15) is 13.2 Å². The Kier molecular flexibility index (Phi) is 4.62. The molecule has 0 fully saturated rings. The van der Waals surface area contributed by atoms with Crippen LogP contribution in [0.2, 0.25) is 0 Å². The lowest BCUT2D eigenvalue weighted by atomic mass is 10.3. The largest absolute Gasteiger partial charge is 0.481 e. The number of hydrogen-bond donors (Lipinski definition) is 1. The van der Waals surface area contributed by atoms with Crippen LogP contribution in [-0.2, 0) is 11.0 Å². The number of carboxylic acids is 1. The zero-order valence-electron chi connectivity index (χ0n) is 7.25. The Morgan fingerprint density at radius 3 is 2.21 bits per heavy atom. The maximum Gasteiger partial charge on any atom is 0.417 e. The van der Waals surface area contributed by atoms with Crippen molar-refractivity contribution in [3.05, 3.63) is 30.1 Å². The topological polar surface area (TPSA) is 50.2 Å². The maximum atomic E-state index is 11.7. The number of halogens is 3. The van der Waals surface area contributed by atoms with Crippen molar-refractivity contribution >= 4 is 5.97 Å². The van der Waals surface area contributed by atoms with Crippen LogP contribution < -0.4 is 0 Å². The number of carboxylic acid groups (broad SMARTS) is 1. The van der Waals surface area contributed by atoms with Crippen LogP contribution in [0.3, 0.4) is 0 Å². The van der Waals surface area contributed by atoms with Gasteiger partial charge in [0.25, 0.3) is 5.97 Å². The highest BCUT2D eigenvalue weighted by Gasteiger charge is 2.30. The van der Waals surface area contributed by atoms with Crippen molar-refractivity contribution in [2.75, 3.05) is 0 Å². The second kappa shape index (κ2) is 5.21. The molecule has 0 aliphatic rings. The Bertz CT molecular complexity index is 280. The number of rotatable bonds is 0.